The van der Waals surface area contributed by atoms with Gasteiger partial charge in [-0.15, -0.1) is 11.8 Å². The van der Waals surface area contributed by atoms with Crippen molar-refractivity contribution in [2.75, 3.05) is 0 Å². The molecule has 0 bridgehead atoms. The van der Waals surface area contributed by atoms with Gasteiger partial charge in [0.15, 0.2) is 6.10 Å². The fourth-order valence-corrected chi connectivity index (χ4v) is 4.95. The Morgan fingerprint density at radius 2 is 1.96 bits per heavy atom. The third-order valence-corrected chi connectivity index (χ3v) is 6.08. The normalized spacial score (nSPS) is 28.7. The van der Waals surface area contributed by atoms with Crippen molar-refractivity contribution >= 4 is 29.5 Å². The molecule has 128 valence electrons. The zero-order valence-corrected chi connectivity index (χ0v) is 14.0. The third-order valence-electron chi connectivity index (χ3n) is 4.55. The predicted molar refractivity (Wildman–Crippen MR) is 86.8 cm³/mol. The molecule has 2 fully saturated rings. The van der Waals surface area contributed by atoms with Gasteiger partial charge in [0, 0.05) is 0 Å². The van der Waals surface area contributed by atoms with Gasteiger partial charge >= 0.3 is 5.97 Å². The van der Waals surface area contributed by atoms with Crippen molar-refractivity contribution in [2.24, 2.45) is 0 Å². The smallest absolute Gasteiger partial charge is 0.352 e. The number of amides is 2. The summed E-state index contributed by atoms with van der Waals surface area (Å²) < 4.78 is -0.943. The van der Waals surface area contributed by atoms with Crippen LogP contribution in [0.2, 0.25) is 0 Å². The Morgan fingerprint density at radius 3 is 2.50 bits per heavy atom. The third kappa shape index (κ3) is 2.21. The summed E-state index contributed by atoms with van der Waals surface area (Å²) >= 11 is 1.33. The molecule has 24 heavy (non-hydrogen) atoms. The van der Waals surface area contributed by atoms with E-state index in [4.69, 9.17) is 0 Å². The maximum Gasteiger partial charge on any atom is 0.352 e. The van der Waals surface area contributed by atoms with Crippen LogP contribution < -0.4 is 5.32 Å². The molecule has 2 saturated heterocycles. The van der Waals surface area contributed by atoms with E-state index in [0.29, 0.717) is 5.56 Å². The number of carboxylic acid groups (broad SMARTS) is 1. The minimum absolute atomic E-state index is 0.250. The van der Waals surface area contributed by atoms with Crippen LogP contribution in [-0.4, -0.2) is 48.7 Å². The number of hydrogen-bond donors (Lipinski definition) is 3. The van der Waals surface area contributed by atoms with Crippen molar-refractivity contribution < 1.29 is 24.6 Å². The van der Waals surface area contributed by atoms with Crippen LogP contribution in [0.3, 0.4) is 0 Å². The van der Waals surface area contributed by atoms with E-state index in [-0.39, 0.29) is 17.7 Å². The number of fused-ring (bicyclic) bond motifs is 1. The van der Waals surface area contributed by atoms with Crippen LogP contribution >= 0.6 is 11.8 Å². The number of carboxylic acids is 1. The van der Waals surface area contributed by atoms with Gasteiger partial charge in [-0.1, -0.05) is 30.3 Å². The molecule has 1 unspecified atom stereocenters. The highest BCUT2D eigenvalue weighted by molar-refractivity contribution is 8.01. The maximum absolute atomic E-state index is 12.5. The zero-order valence-electron chi connectivity index (χ0n) is 13.2. The largest absolute Gasteiger partial charge is 0.478 e. The number of thioether (sulfide) groups is 1. The Balaban J connectivity index is 1.93. The second kappa shape index (κ2) is 5.49. The molecule has 2 aliphatic heterocycles. The molecule has 0 spiro atoms. The lowest BCUT2D eigenvalue weighted by Gasteiger charge is -2.46. The second-order valence-electron chi connectivity index (χ2n) is 6.37. The predicted octanol–water partition coefficient (Wildman–Crippen LogP) is 0.701. The fraction of sp³-hybridized carbons (Fsp3) is 0.438. The number of aliphatic carboxylic acids is 1. The summed E-state index contributed by atoms with van der Waals surface area (Å²) in [5, 5.41) is 22.2. The molecular weight excluding hydrogens is 332 g/mol. The molecule has 3 atom stereocenters. The number of carbonyl (C=O) groups excluding carboxylic acids is 2. The lowest BCUT2D eigenvalue weighted by molar-refractivity contribution is -0.174. The molecule has 2 heterocycles. The van der Waals surface area contributed by atoms with Crippen LogP contribution in [0.5, 0.6) is 0 Å². The van der Waals surface area contributed by atoms with Crippen LogP contribution in [0.15, 0.2) is 30.3 Å². The van der Waals surface area contributed by atoms with Crippen molar-refractivity contribution in [1.82, 2.24) is 10.2 Å². The molecule has 0 radical (unpaired) electrons. The highest BCUT2D eigenvalue weighted by Crippen LogP contribution is 2.55. The van der Waals surface area contributed by atoms with Crippen molar-refractivity contribution in [3.05, 3.63) is 35.9 Å². The van der Waals surface area contributed by atoms with E-state index in [9.17, 15) is 24.6 Å². The molecule has 0 aliphatic carbocycles. The van der Waals surface area contributed by atoms with Crippen LogP contribution in [0, 0.1) is 0 Å². The van der Waals surface area contributed by atoms with Crippen LogP contribution in [0.25, 0.3) is 0 Å². The molecule has 8 heteroatoms. The minimum atomic E-state index is -1.88. The lowest BCUT2D eigenvalue weighted by atomic mass is 9.89. The Labute approximate surface area is 143 Å². The van der Waals surface area contributed by atoms with E-state index in [2.05, 4.69) is 5.32 Å². The standard InChI is InChI=1S/C16H18N2O5S/c1-15(2)16(14(22)23,18-10(19)8-11(18)24-15)17-13(21)12(20)9-6-4-3-5-7-9/h3-7,11-12,20H,8H2,1-2H3,(H,17,21)(H,22,23)/t11-,12?,16+/m1/s1. The van der Waals surface area contributed by atoms with Crippen molar-refractivity contribution in [1.29, 1.82) is 0 Å². The Morgan fingerprint density at radius 1 is 1.33 bits per heavy atom. The Bertz CT molecular complexity index is 708. The SMILES string of the molecule is CC1(C)S[C@@H]2CC(=O)N2[C@@]1(NC(=O)C(O)c1ccccc1)C(=O)O. The number of aliphatic hydroxyl groups excluding tert-OH is 1. The lowest BCUT2D eigenvalue weighted by Crippen LogP contribution is -2.75. The fourth-order valence-electron chi connectivity index (χ4n) is 3.26. The van der Waals surface area contributed by atoms with E-state index >= 15 is 0 Å². The van der Waals surface area contributed by atoms with E-state index in [0.717, 1.165) is 0 Å². The van der Waals surface area contributed by atoms with Crippen LogP contribution in [-0.2, 0) is 14.4 Å². The quantitative estimate of drug-likeness (QED) is 0.690. The van der Waals surface area contributed by atoms with Gasteiger partial charge in [0.25, 0.3) is 5.91 Å². The number of nitrogens with one attached hydrogen (secondary N) is 1. The van der Waals surface area contributed by atoms with Gasteiger partial charge in [0.05, 0.1) is 16.5 Å². The second-order valence-corrected chi connectivity index (χ2v) is 8.17. The maximum atomic E-state index is 12.5. The van der Waals surface area contributed by atoms with Crippen molar-refractivity contribution in [2.45, 2.75) is 42.2 Å². The molecule has 2 aliphatic rings. The van der Waals surface area contributed by atoms with Gasteiger partial charge in [0.2, 0.25) is 11.6 Å². The van der Waals surface area contributed by atoms with Crippen LogP contribution in [0.4, 0.5) is 0 Å². The number of β-lactam (4-membered cyclic amide) rings is 1. The van der Waals surface area contributed by atoms with Gasteiger partial charge < -0.3 is 15.5 Å². The van der Waals surface area contributed by atoms with Crippen molar-refractivity contribution in [3.63, 3.8) is 0 Å². The number of rotatable bonds is 4. The molecule has 1 aromatic rings. The van der Waals surface area contributed by atoms with E-state index in [1.807, 2.05) is 0 Å². The molecular formula is C16H18N2O5S. The molecule has 3 rings (SSSR count). The Kier molecular flexibility index (Phi) is 3.84. The molecule has 2 amide bonds. The average Bonchev–Trinajstić information content (AvgIpc) is 2.70. The topological polar surface area (TPSA) is 107 Å². The first-order valence-corrected chi connectivity index (χ1v) is 8.37. The summed E-state index contributed by atoms with van der Waals surface area (Å²) in [4.78, 5) is 37.8. The first-order valence-electron chi connectivity index (χ1n) is 7.49. The number of benzene rings is 1. The highest BCUT2D eigenvalue weighted by Gasteiger charge is 2.70. The molecule has 0 aromatic heterocycles. The van der Waals surface area contributed by atoms with Crippen LogP contribution in [0.1, 0.15) is 31.9 Å². The summed E-state index contributed by atoms with van der Waals surface area (Å²) in [6, 6.07) is 8.23. The Hall–Kier alpha value is -2.06. The average molecular weight is 350 g/mol. The van der Waals surface area contributed by atoms with Crippen molar-refractivity contribution in [3.8, 4) is 0 Å². The summed E-state index contributed by atoms with van der Waals surface area (Å²) in [6.07, 6.45) is -1.26. The van der Waals surface area contributed by atoms with E-state index < -0.39 is 28.4 Å². The molecule has 1 aromatic carbocycles. The van der Waals surface area contributed by atoms with Gasteiger partial charge in [0.1, 0.15) is 0 Å². The van der Waals surface area contributed by atoms with Gasteiger partial charge in [-0.3, -0.25) is 14.5 Å². The minimum Gasteiger partial charge on any atom is -0.478 e. The summed E-state index contributed by atoms with van der Waals surface area (Å²) in [5.41, 5.74) is -1.53. The van der Waals surface area contributed by atoms with Gasteiger partial charge in [-0.2, -0.15) is 0 Å². The molecule has 3 N–H and O–H groups in total. The monoisotopic (exact) mass is 350 g/mol. The number of aliphatic hydroxyl groups is 1. The highest BCUT2D eigenvalue weighted by atomic mass is 32.2. The van der Waals surface area contributed by atoms with Gasteiger partial charge in [-0.05, 0) is 19.4 Å². The van der Waals surface area contributed by atoms with E-state index in [1.165, 1.54) is 16.7 Å². The van der Waals surface area contributed by atoms with E-state index in [1.54, 1.807) is 44.2 Å². The number of carbonyl (C=O) groups is 3. The summed E-state index contributed by atoms with van der Waals surface area (Å²) in [6.45, 7) is 3.35. The number of hydrogen-bond acceptors (Lipinski definition) is 5. The number of nitrogens with zero attached hydrogens (tertiary/aromatic N) is 1. The molecule has 0 saturated carbocycles. The first kappa shape index (κ1) is 16.8. The first-order chi connectivity index (χ1) is 11.2. The van der Waals surface area contributed by atoms with Gasteiger partial charge in [-0.25, -0.2) is 4.79 Å². The molecule has 7 nitrogen and oxygen atoms in total. The zero-order chi connectivity index (χ0) is 17.7. The summed E-state index contributed by atoms with van der Waals surface area (Å²) in [7, 11) is 0. The summed E-state index contributed by atoms with van der Waals surface area (Å²) in [5.74, 6) is -2.49.